The number of nitrogens with zero attached hydrogens (tertiary/aromatic N) is 3. The van der Waals surface area contributed by atoms with E-state index in [1.54, 1.807) is 11.0 Å². The second-order valence-electron chi connectivity index (χ2n) is 3.66. The lowest BCUT2D eigenvalue weighted by atomic mass is 10.2. The minimum atomic E-state index is 0.0713. The number of carbonyl (C=O) groups excluding carboxylic acids is 1. The molecule has 1 fully saturated rings. The number of fused-ring (bicyclic) bond motifs is 1. The number of carbonyl (C=O) groups is 1. The van der Waals surface area contributed by atoms with E-state index in [-0.39, 0.29) is 5.91 Å². The van der Waals surface area contributed by atoms with Crippen molar-refractivity contribution < 1.29 is 9.42 Å². The lowest BCUT2D eigenvalue weighted by molar-refractivity contribution is -0.118. The number of anilines is 1. The number of benzene rings is 1. The summed E-state index contributed by atoms with van der Waals surface area (Å²) in [5.74, 6) is 0.0713. The Kier molecular flexibility index (Phi) is 2.07. The van der Waals surface area contributed by atoms with Gasteiger partial charge in [-0.2, -0.15) is 0 Å². The third kappa shape index (κ3) is 1.43. The maximum Gasteiger partial charge on any atom is 0.240 e. The monoisotopic (exact) mass is 218 g/mol. The molecule has 6 heteroatoms. The van der Waals surface area contributed by atoms with Gasteiger partial charge in [-0.15, -0.1) is 0 Å². The number of amides is 1. The number of piperazine rings is 1. The molecule has 0 saturated carbocycles. The van der Waals surface area contributed by atoms with Crippen LogP contribution in [-0.4, -0.2) is 35.9 Å². The minimum Gasteiger partial charge on any atom is -0.310 e. The summed E-state index contributed by atoms with van der Waals surface area (Å²) in [7, 11) is 0. The van der Waals surface area contributed by atoms with Gasteiger partial charge in [0.15, 0.2) is 0 Å². The van der Waals surface area contributed by atoms with Gasteiger partial charge in [0.2, 0.25) is 5.91 Å². The highest BCUT2D eigenvalue weighted by Gasteiger charge is 2.19. The predicted molar refractivity (Wildman–Crippen MR) is 57.0 cm³/mol. The largest absolute Gasteiger partial charge is 0.310 e. The van der Waals surface area contributed by atoms with E-state index in [0.29, 0.717) is 24.1 Å². The number of hydrogen-bond donors (Lipinski definition) is 1. The Morgan fingerprint density at radius 2 is 2.19 bits per heavy atom. The Morgan fingerprint density at radius 3 is 3.06 bits per heavy atom. The molecule has 1 aliphatic heterocycles. The summed E-state index contributed by atoms with van der Waals surface area (Å²) in [5.41, 5.74) is 2.21. The standard InChI is InChI=1S/C10H10N4O2/c15-10-6-11-3-4-14(10)7-1-2-8-9(5-7)13-16-12-8/h1-2,5,11H,3-4,6H2. The minimum absolute atomic E-state index is 0.0713. The van der Waals surface area contributed by atoms with Crippen LogP contribution in [-0.2, 0) is 4.79 Å². The van der Waals surface area contributed by atoms with E-state index >= 15 is 0 Å². The van der Waals surface area contributed by atoms with Crippen LogP contribution in [0.25, 0.3) is 11.0 Å². The van der Waals surface area contributed by atoms with Crippen molar-refractivity contribution in [3.63, 3.8) is 0 Å². The fourth-order valence-electron chi connectivity index (χ4n) is 1.82. The van der Waals surface area contributed by atoms with Gasteiger partial charge in [0.05, 0.1) is 6.54 Å². The van der Waals surface area contributed by atoms with Crippen LogP contribution in [0.1, 0.15) is 0 Å². The Labute approximate surface area is 91.2 Å². The molecule has 1 aromatic carbocycles. The van der Waals surface area contributed by atoms with Gasteiger partial charge < -0.3 is 10.2 Å². The molecule has 0 radical (unpaired) electrons. The lowest BCUT2D eigenvalue weighted by Gasteiger charge is -2.27. The predicted octanol–water partition coefficient (Wildman–Crippen LogP) is 0.159. The molecule has 6 nitrogen and oxygen atoms in total. The van der Waals surface area contributed by atoms with Crippen molar-refractivity contribution in [2.24, 2.45) is 0 Å². The zero-order chi connectivity index (χ0) is 11.0. The summed E-state index contributed by atoms with van der Waals surface area (Å²) >= 11 is 0. The smallest absolute Gasteiger partial charge is 0.240 e. The van der Waals surface area contributed by atoms with Crippen LogP contribution >= 0.6 is 0 Å². The average Bonchev–Trinajstić information content (AvgIpc) is 2.76. The summed E-state index contributed by atoms with van der Waals surface area (Å²) in [6.07, 6.45) is 0. The first-order valence-corrected chi connectivity index (χ1v) is 5.08. The lowest BCUT2D eigenvalue weighted by Crippen LogP contribution is -2.48. The quantitative estimate of drug-likeness (QED) is 0.738. The van der Waals surface area contributed by atoms with E-state index in [9.17, 15) is 4.79 Å². The highest BCUT2D eigenvalue weighted by molar-refractivity contribution is 5.97. The maximum atomic E-state index is 11.7. The van der Waals surface area contributed by atoms with Crippen molar-refractivity contribution >= 4 is 22.6 Å². The molecule has 2 heterocycles. The van der Waals surface area contributed by atoms with Crippen molar-refractivity contribution in [3.05, 3.63) is 18.2 Å². The summed E-state index contributed by atoms with van der Waals surface area (Å²) in [6, 6.07) is 5.47. The molecule has 0 aliphatic carbocycles. The summed E-state index contributed by atoms with van der Waals surface area (Å²) < 4.78 is 4.62. The molecule has 16 heavy (non-hydrogen) atoms. The Bertz CT molecular complexity index is 536. The molecule has 1 N–H and O–H groups in total. The molecule has 82 valence electrons. The number of hydrogen-bond acceptors (Lipinski definition) is 5. The van der Waals surface area contributed by atoms with E-state index < -0.39 is 0 Å². The van der Waals surface area contributed by atoms with Gasteiger partial charge in [0.1, 0.15) is 11.0 Å². The third-order valence-corrected chi connectivity index (χ3v) is 2.64. The molecule has 0 atom stereocenters. The zero-order valence-electron chi connectivity index (χ0n) is 8.51. The van der Waals surface area contributed by atoms with Crippen LogP contribution < -0.4 is 10.2 Å². The summed E-state index contributed by atoms with van der Waals surface area (Å²) in [6.45, 7) is 1.87. The SMILES string of the molecule is O=C1CNCCN1c1ccc2nonc2c1. The second kappa shape index (κ2) is 3.57. The molecule has 1 saturated heterocycles. The number of nitrogens with one attached hydrogen (secondary N) is 1. The molecule has 1 aromatic heterocycles. The van der Waals surface area contributed by atoms with Crippen LogP contribution in [0.4, 0.5) is 5.69 Å². The first-order valence-electron chi connectivity index (χ1n) is 5.08. The van der Waals surface area contributed by atoms with Gasteiger partial charge >= 0.3 is 0 Å². The number of rotatable bonds is 1. The highest BCUT2D eigenvalue weighted by Crippen LogP contribution is 2.20. The molecule has 3 rings (SSSR count). The van der Waals surface area contributed by atoms with Gasteiger partial charge in [-0.1, -0.05) is 0 Å². The van der Waals surface area contributed by atoms with Crippen LogP contribution in [0.3, 0.4) is 0 Å². The topological polar surface area (TPSA) is 71.3 Å². The van der Waals surface area contributed by atoms with E-state index in [1.807, 2.05) is 12.1 Å². The van der Waals surface area contributed by atoms with Crippen molar-refractivity contribution in [1.29, 1.82) is 0 Å². The average molecular weight is 218 g/mol. The first-order chi connectivity index (χ1) is 7.84. The highest BCUT2D eigenvalue weighted by atomic mass is 16.6. The van der Waals surface area contributed by atoms with Crippen molar-refractivity contribution in [3.8, 4) is 0 Å². The Balaban J connectivity index is 2.00. The molecule has 2 aromatic rings. The van der Waals surface area contributed by atoms with Gasteiger partial charge in [-0.05, 0) is 28.5 Å². The summed E-state index contributed by atoms with van der Waals surface area (Å²) in [4.78, 5) is 13.4. The van der Waals surface area contributed by atoms with Gasteiger partial charge in [-0.3, -0.25) is 4.79 Å². The molecule has 1 aliphatic rings. The van der Waals surface area contributed by atoms with E-state index in [4.69, 9.17) is 0 Å². The van der Waals surface area contributed by atoms with Gasteiger partial charge in [0.25, 0.3) is 0 Å². The second-order valence-corrected chi connectivity index (χ2v) is 3.66. The van der Waals surface area contributed by atoms with Crippen LogP contribution in [0.2, 0.25) is 0 Å². The van der Waals surface area contributed by atoms with Crippen LogP contribution in [0, 0.1) is 0 Å². The van der Waals surface area contributed by atoms with E-state index in [1.165, 1.54) is 0 Å². The molecule has 0 bridgehead atoms. The first kappa shape index (κ1) is 9.29. The van der Waals surface area contributed by atoms with Gasteiger partial charge in [-0.25, -0.2) is 4.63 Å². The van der Waals surface area contributed by atoms with Crippen molar-refractivity contribution in [2.75, 3.05) is 24.5 Å². The Morgan fingerprint density at radius 1 is 1.31 bits per heavy atom. The fourth-order valence-corrected chi connectivity index (χ4v) is 1.82. The normalized spacial score (nSPS) is 17.0. The molecule has 0 spiro atoms. The van der Waals surface area contributed by atoms with Crippen LogP contribution in [0.5, 0.6) is 0 Å². The van der Waals surface area contributed by atoms with Crippen LogP contribution in [0.15, 0.2) is 22.8 Å². The summed E-state index contributed by atoms with van der Waals surface area (Å²) in [5, 5.41) is 10.5. The van der Waals surface area contributed by atoms with Crippen molar-refractivity contribution in [2.45, 2.75) is 0 Å². The third-order valence-electron chi connectivity index (χ3n) is 2.64. The molecule has 0 unspecified atom stereocenters. The Hall–Kier alpha value is -1.95. The zero-order valence-corrected chi connectivity index (χ0v) is 8.51. The van der Waals surface area contributed by atoms with Gasteiger partial charge in [0, 0.05) is 18.8 Å². The van der Waals surface area contributed by atoms with E-state index in [2.05, 4.69) is 20.3 Å². The maximum absolute atomic E-state index is 11.7. The van der Waals surface area contributed by atoms with Crippen molar-refractivity contribution in [1.82, 2.24) is 15.6 Å². The number of aromatic nitrogens is 2. The molecule has 1 amide bonds. The fraction of sp³-hybridized carbons (Fsp3) is 0.300. The van der Waals surface area contributed by atoms with E-state index in [0.717, 1.165) is 12.2 Å². The molecular formula is C10H10N4O2. The molecular weight excluding hydrogens is 208 g/mol.